The van der Waals surface area contributed by atoms with E-state index in [9.17, 15) is 0 Å². The molecule has 0 atom stereocenters. The molecule has 1 aliphatic carbocycles. The van der Waals surface area contributed by atoms with Gasteiger partial charge < -0.3 is 24.8 Å². The van der Waals surface area contributed by atoms with Crippen LogP contribution < -0.4 is 24.8 Å². The van der Waals surface area contributed by atoms with Crippen molar-refractivity contribution in [3.8, 4) is 0 Å². The second-order valence-corrected chi connectivity index (χ2v) is 8.63. The Hall–Kier alpha value is -3.43. The maximum atomic E-state index is 2.99. The Morgan fingerprint density at radius 2 is 0.745 bits per heavy atom. The number of fused-ring (bicyclic) bond motifs is 3. The van der Waals surface area contributed by atoms with Crippen LogP contribution in [0, 0.1) is 30.3 Å². The van der Waals surface area contributed by atoms with E-state index in [0.717, 1.165) is 6.42 Å². The third kappa shape index (κ3) is 22.7. The molecule has 5 heteroatoms. The molecule has 8 rings (SSSR count). The summed E-state index contributed by atoms with van der Waals surface area (Å²) in [6.07, 6.45) is 10.0. The van der Waals surface area contributed by atoms with E-state index >= 15 is 0 Å². The van der Waals surface area contributed by atoms with Gasteiger partial charge in [0.1, 0.15) is 0 Å². The maximum absolute atomic E-state index is 2.99. The fourth-order valence-corrected chi connectivity index (χ4v) is 3.61. The Bertz CT molecular complexity index is 1350. The number of halogens is 2. The SMILES string of the molecule is [C-]1=CC=CC1.[Cl-].[Cl-].[Si].[Si].[Zr+2].[c-]1ccccc1.[c-]1ccccc1.[c-]1ccccc1.[c-]1ccccc1.c1ccc2c(c1)[cH-]c1ccccc12. The van der Waals surface area contributed by atoms with Gasteiger partial charge in [0.25, 0.3) is 0 Å². The van der Waals surface area contributed by atoms with Crippen LogP contribution in [0.5, 0.6) is 0 Å². The Kier molecular flexibility index (Phi) is 34.6. The van der Waals surface area contributed by atoms with Crippen molar-refractivity contribution in [1.82, 2.24) is 0 Å². The first-order valence-electron chi connectivity index (χ1n) is 13.8. The smallest absolute Gasteiger partial charge is 1.00 e. The molecule has 0 fully saturated rings. The normalized spacial score (nSPS) is 9.02. The average molecular weight is 757 g/mol. The van der Waals surface area contributed by atoms with Crippen LogP contribution in [0.1, 0.15) is 6.42 Å². The van der Waals surface area contributed by atoms with Gasteiger partial charge in [-0.2, -0.15) is 152 Å². The summed E-state index contributed by atoms with van der Waals surface area (Å²) in [5.74, 6) is 0. The zero-order valence-corrected chi connectivity index (χ0v) is 31.9. The third-order valence-corrected chi connectivity index (χ3v) is 5.54. The quantitative estimate of drug-likeness (QED) is 0.161. The number of rotatable bonds is 0. The van der Waals surface area contributed by atoms with Crippen molar-refractivity contribution in [2.24, 2.45) is 0 Å². The van der Waals surface area contributed by atoms with E-state index in [2.05, 4.69) is 91.0 Å². The monoisotopic (exact) mass is 754 g/mol. The standard InChI is InChI=1S/C13H9.4C6H5.C5H5.2ClH.2Si.Zr/c1-3-7-12-10(5-1)9-11-6-2-4-8-13(11)12;4*1-2-4-6-5-3-1;1-2-4-5-3-1;;;;;/h1-9H;4*1-5H;1-3H,4H2;2*1H;;;/q6*-1;;;;;+2/p-2. The fraction of sp³-hybridized carbons (Fsp3) is 0.0238. The number of benzene rings is 6. The molecule has 0 aliphatic heterocycles. The molecule has 0 unspecified atom stereocenters. The van der Waals surface area contributed by atoms with Gasteiger partial charge in [0.2, 0.25) is 0 Å². The van der Waals surface area contributed by atoms with Crippen LogP contribution in [0.15, 0.2) is 194 Å². The molecule has 8 radical (unpaired) electrons. The molecule has 7 aromatic carbocycles. The van der Waals surface area contributed by atoms with Gasteiger partial charge in [-0.15, -0.1) is 46.2 Å². The molecular formula is C42H34Cl2Si2Zr-6. The molecule has 0 heterocycles. The van der Waals surface area contributed by atoms with Crippen molar-refractivity contribution in [2.45, 2.75) is 6.42 Å². The van der Waals surface area contributed by atoms with Crippen molar-refractivity contribution in [3.05, 3.63) is 224 Å². The van der Waals surface area contributed by atoms with Gasteiger partial charge in [0.15, 0.2) is 0 Å². The van der Waals surface area contributed by atoms with Crippen LogP contribution in [0.25, 0.3) is 21.5 Å². The molecule has 47 heavy (non-hydrogen) atoms. The largest absolute Gasteiger partial charge is 2.00 e. The van der Waals surface area contributed by atoms with Crippen LogP contribution in [0.4, 0.5) is 0 Å². The van der Waals surface area contributed by atoms with Crippen LogP contribution in [0.3, 0.4) is 0 Å². The minimum absolute atomic E-state index is 0. The summed E-state index contributed by atoms with van der Waals surface area (Å²) in [4.78, 5) is 0. The molecule has 0 nitrogen and oxygen atoms in total. The van der Waals surface area contributed by atoms with Crippen LogP contribution in [-0.4, -0.2) is 21.9 Å². The Balaban J connectivity index is -0.000000504. The molecule has 0 aromatic heterocycles. The van der Waals surface area contributed by atoms with Gasteiger partial charge >= 0.3 is 26.2 Å². The van der Waals surface area contributed by atoms with Gasteiger partial charge in [-0.05, 0) is 0 Å². The fourth-order valence-electron chi connectivity index (χ4n) is 3.61. The van der Waals surface area contributed by atoms with Crippen LogP contribution in [0.2, 0.25) is 0 Å². The Labute approximate surface area is 323 Å². The summed E-state index contributed by atoms with van der Waals surface area (Å²) >= 11 is 0. The minimum Gasteiger partial charge on any atom is -1.00 e. The van der Waals surface area contributed by atoms with E-state index in [-0.39, 0.29) is 72.9 Å². The average Bonchev–Trinajstić information content (AvgIpc) is 3.82. The zero-order valence-electron chi connectivity index (χ0n) is 25.9. The summed E-state index contributed by atoms with van der Waals surface area (Å²) in [7, 11) is 0. The molecule has 7 aromatic rings. The summed E-state index contributed by atoms with van der Waals surface area (Å²) in [6, 6.07) is 69.3. The van der Waals surface area contributed by atoms with Gasteiger partial charge in [-0.1, -0.05) is 36.4 Å². The zero-order chi connectivity index (χ0) is 29.2. The molecule has 1 aliphatic rings. The molecular weight excluding hydrogens is 723 g/mol. The van der Waals surface area contributed by atoms with E-state index in [1.807, 2.05) is 133 Å². The van der Waals surface area contributed by atoms with E-state index < -0.39 is 0 Å². The van der Waals surface area contributed by atoms with Gasteiger partial charge in [0, 0.05) is 21.9 Å². The summed E-state index contributed by atoms with van der Waals surface area (Å²) in [5.41, 5.74) is 0. The first-order chi connectivity index (χ1) is 20.9. The van der Waals surface area contributed by atoms with E-state index in [0.29, 0.717) is 0 Å². The minimum atomic E-state index is 0. The van der Waals surface area contributed by atoms with Crippen LogP contribution >= 0.6 is 0 Å². The van der Waals surface area contributed by atoms with E-state index in [1.54, 1.807) is 0 Å². The predicted octanol–water partition coefficient (Wildman–Crippen LogP) is 4.21. The van der Waals surface area contributed by atoms with Crippen molar-refractivity contribution >= 4 is 43.5 Å². The van der Waals surface area contributed by atoms with Crippen LogP contribution in [-0.2, 0) is 26.2 Å². The van der Waals surface area contributed by atoms with E-state index in [1.165, 1.54) is 21.5 Å². The van der Waals surface area contributed by atoms with E-state index in [4.69, 9.17) is 0 Å². The first kappa shape index (κ1) is 48.0. The molecule has 234 valence electrons. The topological polar surface area (TPSA) is 0 Å². The summed E-state index contributed by atoms with van der Waals surface area (Å²) < 4.78 is 0. The summed E-state index contributed by atoms with van der Waals surface area (Å²) in [6.45, 7) is 0. The predicted molar refractivity (Wildman–Crippen MR) is 191 cm³/mol. The number of hydrogen-bond donors (Lipinski definition) is 0. The van der Waals surface area contributed by atoms with Gasteiger partial charge in [0.05, 0.1) is 0 Å². The molecule has 0 bridgehead atoms. The summed E-state index contributed by atoms with van der Waals surface area (Å²) in [5, 5.41) is 5.39. The molecule has 0 amide bonds. The second kappa shape index (κ2) is 33.9. The third-order valence-electron chi connectivity index (χ3n) is 5.54. The van der Waals surface area contributed by atoms with Gasteiger partial charge in [-0.3, -0.25) is 6.08 Å². The number of hydrogen-bond acceptors (Lipinski definition) is 0. The Morgan fingerprint density at radius 1 is 0.426 bits per heavy atom. The number of allylic oxidation sites excluding steroid dienone is 4. The second-order valence-electron chi connectivity index (χ2n) is 8.63. The van der Waals surface area contributed by atoms with Crippen molar-refractivity contribution in [1.29, 1.82) is 0 Å². The maximum Gasteiger partial charge on any atom is 2.00 e. The van der Waals surface area contributed by atoms with Crippen molar-refractivity contribution < 1.29 is 51.0 Å². The van der Waals surface area contributed by atoms with Gasteiger partial charge in [-0.25, -0.2) is 12.2 Å². The molecule has 0 saturated carbocycles. The van der Waals surface area contributed by atoms with Crippen molar-refractivity contribution in [2.75, 3.05) is 0 Å². The Morgan fingerprint density at radius 3 is 0.936 bits per heavy atom. The molecule has 0 spiro atoms. The molecule has 0 N–H and O–H groups in total. The molecule has 0 saturated heterocycles. The first-order valence-corrected chi connectivity index (χ1v) is 13.8. The van der Waals surface area contributed by atoms with Crippen molar-refractivity contribution in [3.63, 3.8) is 0 Å².